The van der Waals surface area contributed by atoms with Gasteiger partial charge in [-0.15, -0.1) is 0 Å². The van der Waals surface area contributed by atoms with E-state index in [1.54, 1.807) is 16.1 Å². The second-order valence-corrected chi connectivity index (χ2v) is 9.32. The lowest BCUT2D eigenvalue weighted by Gasteiger charge is -2.18. The van der Waals surface area contributed by atoms with E-state index in [4.69, 9.17) is 0 Å². The predicted octanol–water partition coefficient (Wildman–Crippen LogP) is 4.29. The van der Waals surface area contributed by atoms with E-state index >= 15 is 0 Å². The fourth-order valence-electron chi connectivity index (χ4n) is 2.73. The van der Waals surface area contributed by atoms with Crippen molar-refractivity contribution in [2.75, 3.05) is 30.3 Å². The van der Waals surface area contributed by atoms with Gasteiger partial charge in [0.15, 0.2) is 0 Å². The number of hydrogen-bond acceptors (Lipinski definition) is 3. The first-order chi connectivity index (χ1) is 10.2. The molecule has 1 rings (SSSR count). The van der Waals surface area contributed by atoms with Crippen LogP contribution in [0.3, 0.4) is 0 Å². The second-order valence-electron chi connectivity index (χ2n) is 6.01. The van der Waals surface area contributed by atoms with Gasteiger partial charge in [0.1, 0.15) is 0 Å². The minimum Gasteiger partial charge on any atom is -0.212 e. The molecule has 0 aromatic rings. The molecule has 1 aliphatic heterocycles. The molecule has 1 aliphatic rings. The summed E-state index contributed by atoms with van der Waals surface area (Å²) >= 11 is 1.76. The Morgan fingerprint density at radius 1 is 0.857 bits per heavy atom. The van der Waals surface area contributed by atoms with Crippen LogP contribution in [-0.2, 0) is 10.0 Å². The van der Waals surface area contributed by atoms with Crippen LogP contribution in [0.25, 0.3) is 0 Å². The van der Waals surface area contributed by atoms with E-state index in [-0.39, 0.29) is 0 Å². The van der Waals surface area contributed by atoms with E-state index in [0.29, 0.717) is 12.3 Å². The van der Waals surface area contributed by atoms with Crippen molar-refractivity contribution >= 4 is 21.8 Å². The van der Waals surface area contributed by atoms with Crippen LogP contribution in [0.15, 0.2) is 0 Å². The van der Waals surface area contributed by atoms with Crippen molar-refractivity contribution in [1.29, 1.82) is 0 Å². The molecule has 0 aromatic carbocycles. The van der Waals surface area contributed by atoms with Crippen LogP contribution in [-0.4, -0.2) is 43.1 Å². The largest absolute Gasteiger partial charge is 0.214 e. The van der Waals surface area contributed by atoms with E-state index in [1.165, 1.54) is 57.8 Å². The van der Waals surface area contributed by atoms with Gasteiger partial charge in [-0.2, -0.15) is 11.8 Å². The molecule has 0 atom stereocenters. The summed E-state index contributed by atoms with van der Waals surface area (Å²) in [5, 5.41) is 0. The van der Waals surface area contributed by atoms with Crippen molar-refractivity contribution in [2.45, 2.75) is 71.1 Å². The first-order valence-electron chi connectivity index (χ1n) is 8.72. The molecular weight excluding hydrogens is 302 g/mol. The molecule has 0 bridgehead atoms. The number of hydrogen-bond donors (Lipinski definition) is 0. The highest BCUT2D eigenvalue weighted by Gasteiger charge is 2.23. The molecule has 1 saturated heterocycles. The van der Waals surface area contributed by atoms with Gasteiger partial charge in [-0.25, -0.2) is 12.7 Å². The second kappa shape index (κ2) is 11.8. The standard InChI is InChI=1S/C16H33NO2S2/c1-2-3-4-5-6-7-8-9-10-11-12-17-13-14-20-15-16-21(17,18)19/h2-16H2,1H3. The van der Waals surface area contributed by atoms with Crippen LogP contribution in [0.4, 0.5) is 0 Å². The summed E-state index contributed by atoms with van der Waals surface area (Å²) in [5.74, 6) is 2.04. The normalized spacial score (nSPS) is 19.5. The third kappa shape index (κ3) is 9.09. The van der Waals surface area contributed by atoms with E-state index in [0.717, 1.165) is 24.5 Å². The Morgan fingerprint density at radius 3 is 2.05 bits per heavy atom. The quantitative estimate of drug-likeness (QED) is 0.529. The molecule has 0 spiro atoms. The Balaban J connectivity index is 1.98. The Bertz CT molecular complexity index is 344. The molecule has 1 heterocycles. The summed E-state index contributed by atoms with van der Waals surface area (Å²) in [4.78, 5) is 0. The molecule has 0 unspecified atom stereocenters. The molecular formula is C16H33NO2S2. The van der Waals surface area contributed by atoms with E-state index < -0.39 is 10.0 Å². The summed E-state index contributed by atoms with van der Waals surface area (Å²) in [6.45, 7) is 3.70. The number of thioether (sulfide) groups is 1. The van der Waals surface area contributed by atoms with Crippen molar-refractivity contribution in [1.82, 2.24) is 4.31 Å². The zero-order valence-corrected chi connectivity index (χ0v) is 15.3. The van der Waals surface area contributed by atoms with Crippen molar-refractivity contribution < 1.29 is 8.42 Å². The van der Waals surface area contributed by atoms with E-state index in [2.05, 4.69) is 6.92 Å². The molecule has 0 saturated carbocycles. The van der Waals surface area contributed by atoms with Crippen LogP contribution in [0.2, 0.25) is 0 Å². The summed E-state index contributed by atoms with van der Waals surface area (Å²) in [6, 6.07) is 0. The average Bonchev–Trinajstić information content (AvgIpc) is 2.62. The van der Waals surface area contributed by atoms with Gasteiger partial charge >= 0.3 is 0 Å². The molecule has 0 radical (unpaired) electrons. The Labute approximate surface area is 136 Å². The smallest absolute Gasteiger partial charge is 0.212 e. The van der Waals surface area contributed by atoms with Crippen molar-refractivity contribution in [3.63, 3.8) is 0 Å². The Morgan fingerprint density at radius 2 is 1.43 bits per heavy atom. The lowest BCUT2D eigenvalue weighted by molar-refractivity contribution is 0.415. The lowest BCUT2D eigenvalue weighted by Crippen LogP contribution is -2.34. The molecule has 0 aromatic heterocycles. The molecule has 0 amide bonds. The van der Waals surface area contributed by atoms with Gasteiger partial charge in [0.25, 0.3) is 0 Å². The number of rotatable bonds is 11. The van der Waals surface area contributed by atoms with Gasteiger partial charge in [0.2, 0.25) is 10.0 Å². The summed E-state index contributed by atoms with van der Waals surface area (Å²) in [7, 11) is -2.96. The highest BCUT2D eigenvalue weighted by atomic mass is 32.2. The Kier molecular flexibility index (Phi) is 10.8. The molecule has 5 heteroatoms. The highest BCUT2D eigenvalue weighted by molar-refractivity contribution is 8.00. The zero-order valence-electron chi connectivity index (χ0n) is 13.7. The molecule has 0 aliphatic carbocycles. The van der Waals surface area contributed by atoms with Gasteiger partial charge in [-0.3, -0.25) is 0 Å². The maximum Gasteiger partial charge on any atom is 0.214 e. The van der Waals surface area contributed by atoms with E-state index in [9.17, 15) is 8.42 Å². The molecule has 126 valence electrons. The summed E-state index contributed by atoms with van der Waals surface area (Å²) in [6.07, 6.45) is 13.0. The van der Waals surface area contributed by atoms with Crippen molar-refractivity contribution in [3.8, 4) is 0 Å². The SMILES string of the molecule is CCCCCCCCCCCCN1CCSCCS1(=O)=O. The van der Waals surface area contributed by atoms with Crippen LogP contribution in [0.5, 0.6) is 0 Å². The summed E-state index contributed by atoms with van der Waals surface area (Å²) < 4.78 is 25.7. The highest BCUT2D eigenvalue weighted by Crippen LogP contribution is 2.15. The molecule has 0 N–H and O–H groups in total. The molecule has 1 fully saturated rings. The van der Waals surface area contributed by atoms with Gasteiger partial charge in [-0.1, -0.05) is 64.7 Å². The first-order valence-corrected chi connectivity index (χ1v) is 11.5. The van der Waals surface area contributed by atoms with E-state index in [1.807, 2.05) is 0 Å². The van der Waals surface area contributed by atoms with Gasteiger partial charge < -0.3 is 0 Å². The minimum absolute atomic E-state index is 0.329. The topological polar surface area (TPSA) is 37.4 Å². The van der Waals surface area contributed by atoms with Crippen LogP contribution < -0.4 is 0 Å². The third-order valence-electron chi connectivity index (χ3n) is 4.13. The van der Waals surface area contributed by atoms with Gasteiger partial charge in [0.05, 0.1) is 5.75 Å². The monoisotopic (exact) mass is 335 g/mol. The fraction of sp³-hybridized carbons (Fsp3) is 1.00. The average molecular weight is 336 g/mol. The van der Waals surface area contributed by atoms with Crippen LogP contribution >= 0.6 is 11.8 Å². The molecule has 3 nitrogen and oxygen atoms in total. The van der Waals surface area contributed by atoms with Crippen LogP contribution in [0, 0.1) is 0 Å². The van der Waals surface area contributed by atoms with Crippen molar-refractivity contribution in [2.24, 2.45) is 0 Å². The zero-order chi connectivity index (χ0) is 15.4. The maximum atomic E-state index is 12.0. The number of unbranched alkanes of at least 4 members (excludes halogenated alkanes) is 9. The van der Waals surface area contributed by atoms with Gasteiger partial charge in [-0.05, 0) is 6.42 Å². The Hall–Kier alpha value is 0.260. The predicted molar refractivity (Wildman–Crippen MR) is 94.5 cm³/mol. The minimum atomic E-state index is -2.96. The number of sulfonamides is 1. The molecule has 21 heavy (non-hydrogen) atoms. The van der Waals surface area contributed by atoms with Gasteiger partial charge in [0, 0.05) is 24.6 Å². The van der Waals surface area contributed by atoms with Crippen LogP contribution in [0.1, 0.15) is 71.1 Å². The van der Waals surface area contributed by atoms with Crippen molar-refractivity contribution in [3.05, 3.63) is 0 Å². The maximum absolute atomic E-state index is 12.0. The first kappa shape index (κ1) is 19.3. The summed E-state index contributed by atoms with van der Waals surface area (Å²) in [5.41, 5.74) is 0. The lowest BCUT2D eigenvalue weighted by atomic mass is 10.1. The third-order valence-corrected chi connectivity index (χ3v) is 7.22. The number of nitrogens with zero attached hydrogens (tertiary/aromatic N) is 1. The fourth-order valence-corrected chi connectivity index (χ4v) is 5.75.